The van der Waals surface area contributed by atoms with Gasteiger partial charge in [-0.25, -0.2) is 0 Å². The smallest absolute Gasteiger partial charge is 0.226 e. The standard InChI is InChI=1S/C18H24N2O4/c1-13(21)15-5-7-16(8-6-15)19-18(23)9-10-20(14(2)22)12-17-4-3-11-24-17/h5-8,17H,3-4,9-12H2,1-2H3,(H,19,23). The monoisotopic (exact) mass is 332 g/mol. The number of nitrogens with one attached hydrogen (secondary N) is 1. The number of hydrogen-bond donors (Lipinski definition) is 1. The van der Waals surface area contributed by atoms with Crippen molar-refractivity contribution in [2.75, 3.05) is 25.0 Å². The van der Waals surface area contributed by atoms with E-state index in [0.29, 0.717) is 24.3 Å². The fourth-order valence-electron chi connectivity index (χ4n) is 2.66. The van der Waals surface area contributed by atoms with Crippen molar-refractivity contribution in [3.05, 3.63) is 29.8 Å². The summed E-state index contributed by atoms with van der Waals surface area (Å²) in [6.45, 7) is 4.65. The lowest BCUT2D eigenvalue weighted by Gasteiger charge is -2.23. The zero-order valence-corrected chi connectivity index (χ0v) is 14.2. The Morgan fingerprint density at radius 2 is 1.92 bits per heavy atom. The number of nitrogens with zero attached hydrogens (tertiary/aromatic N) is 1. The second kappa shape index (κ2) is 8.59. The van der Waals surface area contributed by atoms with E-state index >= 15 is 0 Å². The Balaban J connectivity index is 1.81. The van der Waals surface area contributed by atoms with Gasteiger partial charge in [0.25, 0.3) is 0 Å². The zero-order chi connectivity index (χ0) is 17.5. The molecule has 24 heavy (non-hydrogen) atoms. The summed E-state index contributed by atoms with van der Waals surface area (Å²) in [4.78, 5) is 36.6. The molecule has 1 aromatic carbocycles. The zero-order valence-electron chi connectivity index (χ0n) is 14.2. The Bertz CT molecular complexity index is 592. The lowest BCUT2D eigenvalue weighted by molar-refractivity contribution is -0.130. The molecule has 1 heterocycles. The van der Waals surface area contributed by atoms with Crippen molar-refractivity contribution < 1.29 is 19.1 Å². The molecular formula is C18H24N2O4. The number of rotatable bonds is 7. The maximum atomic E-state index is 12.0. The first-order valence-electron chi connectivity index (χ1n) is 8.23. The molecule has 0 radical (unpaired) electrons. The van der Waals surface area contributed by atoms with Crippen molar-refractivity contribution in [3.8, 4) is 0 Å². The van der Waals surface area contributed by atoms with Gasteiger partial charge in [0.1, 0.15) is 0 Å². The van der Waals surface area contributed by atoms with E-state index in [9.17, 15) is 14.4 Å². The second-order valence-electron chi connectivity index (χ2n) is 6.03. The van der Waals surface area contributed by atoms with E-state index in [1.807, 2.05) is 0 Å². The molecule has 1 aliphatic rings. The number of benzene rings is 1. The van der Waals surface area contributed by atoms with Crippen molar-refractivity contribution in [1.82, 2.24) is 4.90 Å². The molecule has 1 fully saturated rings. The molecule has 1 atom stereocenters. The highest BCUT2D eigenvalue weighted by Crippen LogP contribution is 2.14. The van der Waals surface area contributed by atoms with Crippen LogP contribution in [0.5, 0.6) is 0 Å². The molecule has 0 aromatic heterocycles. The highest BCUT2D eigenvalue weighted by atomic mass is 16.5. The first-order chi connectivity index (χ1) is 11.5. The van der Waals surface area contributed by atoms with Crippen molar-refractivity contribution in [2.45, 2.75) is 39.2 Å². The molecule has 0 spiro atoms. The molecule has 2 amide bonds. The normalized spacial score (nSPS) is 16.7. The van der Waals surface area contributed by atoms with E-state index < -0.39 is 0 Å². The van der Waals surface area contributed by atoms with Gasteiger partial charge in [0, 0.05) is 44.3 Å². The van der Waals surface area contributed by atoms with Crippen LogP contribution >= 0.6 is 0 Å². The molecule has 1 saturated heterocycles. The molecule has 6 heteroatoms. The minimum atomic E-state index is -0.163. The van der Waals surface area contributed by atoms with Crippen LogP contribution in [0.15, 0.2) is 24.3 Å². The van der Waals surface area contributed by atoms with Crippen LogP contribution in [0.2, 0.25) is 0 Å². The summed E-state index contributed by atoms with van der Waals surface area (Å²) < 4.78 is 5.54. The third-order valence-electron chi connectivity index (χ3n) is 4.08. The lowest BCUT2D eigenvalue weighted by atomic mass is 10.1. The summed E-state index contributed by atoms with van der Waals surface area (Å²) in [5, 5.41) is 2.78. The van der Waals surface area contributed by atoms with Crippen LogP contribution in [-0.4, -0.2) is 48.3 Å². The molecule has 1 aromatic rings. The van der Waals surface area contributed by atoms with E-state index in [-0.39, 0.29) is 30.1 Å². The SMILES string of the molecule is CC(=O)c1ccc(NC(=O)CCN(CC2CCCO2)C(C)=O)cc1. The summed E-state index contributed by atoms with van der Waals surface area (Å²) in [7, 11) is 0. The van der Waals surface area contributed by atoms with Gasteiger partial charge >= 0.3 is 0 Å². The molecule has 1 unspecified atom stereocenters. The summed E-state index contributed by atoms with van der Waals surface area (Å²) in [6.07, 6.45) is 2.28. The van der Waals surface area contributed by atoms with Gasteiger partial charge in [0.15, 0.2) is 5.78 Å². The minimum Gasteiger partial charge on any atom is -0.376 e. The predicted octanol–water partition coefficient (Wildman–Crippen LogP) is 2.25. The molecule has 130 valence electrons. The number of carbonyl (C=O) groups excluding carboxylic acids is 3. The third kappa shape index (κ3) is 5.45. The van der Waals surface area contributed by atoms with Gasteiger partial charge in [0.05, 0.1) is 6.10 Å². The average molecular weight is 332 g/mol. The van der Waals surface area contributed by atoms with Gasteiger partial charge < -0.3 is 15.0 Å². The Hall–Kier alpha value is -2.21. The molecule has 0 aliphatic carbocycles. The molecule has 0 saturated carbocycles. The molecule has 2 rings (SSSR count). The average Bonchev–Trinajstić information content (AvgIpc) is 3.04. The predicted molar refractivity (Wildman–Crippen MR) is 90.9 cm³/mol. The van der Waals surface area contributed by atoms with Crippen LogP contribution in [0.1, 0.15) is 43.5 Å². The van der Waals surface area contributed by atoms with Crippen molar-refractivity contribution in [1.29, 1.82) is 0 Å². The summed E-state index contributed by atoms with van der Waals surface area (Å²) in [5.41, 5.74) is 1.24. The van der Waals surface area contributed by atoms with Gasteiger partial charge in [-0.2, -0.15) is 0 Å². The number of ether oxygens (including phenoxy) is 1. The van der Waals surface area contributed by atoms with Crippen LogP contribution in [0, 0.1) is 0 Å². The van der Waals surface area contributed by atoms with E-state index in [4.69, 9.17) is 4.74 Å². The Morgan fingerprint density at radius 3 is 2.46 bits per heavy atom. The van der Waals surface area contributed by atoms with Crippen LogP contribution in [0.3, 0.4) is 0 Å². The van der Waals surface area contributed by atoms with Crippen LogP contribution in [-0.2, 0) is 14.3 Å². The van der Waals surface area contributed by atoms with Crippen LogP contribution in [0.4, 0.5) is 5.69 Å². The second-order valence-corrected chi connectivity index (χ2v) is 6.03. The summed E-state index contributed by atoms with van der Waals surface area (Å²) >= 11 is 0. The number of anilines is 1. The molecule has 0 bridgehead atoms. The Labute approximate surface area is 142 Å². The van der Waals surface area contributed by atoms with Crippen LogP contribution < -0.4 is 5.32 Å². The van der Waals surface area contributed by atoms with Gasteiger partial charge in [-0.05, 0) is 44.0 Å². The quantitative estimate of drug-likeness (QED) is 0.777. The van der Waals surface area contributed by atoms with E-state index in [1.54, 1.807) is 29.2 Å². The lowest BCUT2D eigenvalue weighted by Crippen LogP contribution is -2.37. The first-order valence-corrected chi connectivity index (χ1v) is 8.23. The maximum absolute atomic E-state index is 12.0. The van der Waals surface area contributed by atoms with Gasteiger partial charge in [-0.1, -0.05) is 0 Å². The minimum absolute atomic E-state index is 0.0147. The number of amides is 2. The number of ketones is 1. The van der Waals surface area contributed by atoms with Gasteiger partial charge in [-0.15, -0.1) is 0 Å². The molecular weight excluding hydrogens is 308 g/mol. The Morgan fingerprint density at radius 1 is 1.21 bits per heavy atom. The highest BCUT2D eigenvalue weighted by Gasteiger charge is 2.21. The van der Waals surface area contributed by atoms with E-state index in [1.165, 1.54) is 13.8 Å². The largest absolute Gasteiger partial charge is 0.376 e. The van der Waals surface area contributed by atoms with E-state index in [0.717, 1.165) is 19.4 Å². The van der Waals surface area contributed by atoms with Crippen LogP contribution in [0.25, 0.3) is 0 Å². The Kier molecular flexibility index (Phi) is 6.49. The summed E-state index contributed by atoms with van der Waals surface area (Å²) in [6, 6.07) is 6.75. The van der Waals surface area contributed by atoms with Crippen molar-refractivity contribution in [2.24, 2.45) is 0 Å². The first kappa shape index (κ1) is 18.1. The van der Waals surface area contributed by atoms with E-state index in [2.05, 4.69) is 5.32 Å². The fraction of sp³-hybridized carbons (Fsp3) is 0.500. The topological polar surface area (TPSA) is 75.7 Å². The molecule has 6 nitrogen and oxygen atoms in total. The van der Waals surface area contributed by atoms with Crippen molar-refractivity contribution >= 4 is 23.3 Å². The number of Topliss-reactive ketones (excluding diaryl/α,β-unsaturated/α-hetero) is 1. The highest BCUT2D eigenvalue weighted by molar-refractivity contribution is 5.95. The third-order valence-corrected chi connectivity index (χ3v) is 4.08. The maximum Gasteiger partial charge on any atom is 0.226 e. The van der Waals surface area contributed by atoms with Gasteiger partial charge in [-0.3, -0.25) is 14.4 Å². The molecule has 1 aliphatic heterocycles. The molecule has 1 N–H and O–H groups in total. The number of hydrogen-bond acceptors (Lipinski definition) is 4. The number of carbonyl (C=O) groups is 3. The summed E-state index contributed by atoms with van der Waals surface area (Å²) in [5.74, 6) is -0.229. The fourth-order valence-corrected chi connectivity index (χ4v) is 2.66. The van der Waals surface area contributed by atoms with Gasteiger partial charge in [0.2, 0.25) is 11.8 Å². The van der Waals surface area contributed by atoms with Crippen molar-refractivity contribution in [3.63, 3.8) is 0 Å².